The predicted octanol–water partition coefficient (Wildman–Crippen LogP) is -1.65. The van der Waals surface area contributed by atoms with Crippen molar-refractivity contribution in [3.63, 3.8) is 0 Å². The average Bonchev–Trinajstić information content (AvgIpc) is 3.13. The number of H-pyrrole nitrogens is 1. The first kappa shape index (κ1) is 12.6. The molecule has 0 bridgehead atoms. The molecule has 0 spiro atoms. The van der Waals surface area contributed by atoms with Gasteiger partial charge in [0.05, 0.1) is 12.7 Å². The van der Waals surface area contributed by atoms with E-state index in [1.54, 1.807) is 0 Å². The number of aromatic amines is 1. The molecule has 0 aromatic carbocycles. The smallest absolute Gasteiger partial charge is 0.330 e. The van der Waals surface area contributed by atoms with Crippen LogP contribution >= 0.6 is 0 Å². The molecule has 2 unspecified atom stereocenters. The highest BCUT2D eigenvalue weighted by atomic mass is 16.5. The Labute approximate surface area is 109 Å². The zero-order chi connectivity index (χ0) is 13.6. The number of ether oxygens (including phenoxy) is 1. The van der Waals surface area contributed by atoms with E-state index in [0.717, 1.165) is 6.32 Å². The first-order valence-electron chi connectivity index (χ1n) is 6.23. The molecule has 3 rings (SSSR count). The van der Waals surface area contributed by atoms with Crippen LogP contribution < -0.4 is 11.2 Å². The van der Waals surface area contributed by atoms with Gasteiger partial charge in [-0.3, -0.25) is 14.3 Å². The predicted molar refractivity (Wildman–Crippen MR) is 66.2 cm³/mol. The van der Waals surface area contributed by atoms with Gasteiger partial charge in [-0.15, -0.1) is 0 Å². The van der Waals surface area contributed by atoms with Crippen LogP contribution in [0, 0.1) is 0 Å². The van der Waals surface area contributed by atoms with Crippen molar-refractivity contribution in [1.29, 1.82) is 0 Å². The number of nitrogens with one attached hydrogen (secondary N) is 1. The van der Waals surface area contributed by atoms with Crippen molar-refractivity contribution >= 4 is 7.28 Å². The summed E-state index contributed by atoms with van der Waals surface area (Å²) in [6, 6.07) is 0. The van der Waals surface area contributed by atoms with Crippen LogP contribution in [-0.4, -0.2) is 45.9 Å². The minimum Gasteiger partial charge on any atom is -0.394 e. The first-order chi connectivity index (χ1) is 9.10. The van der Waals surface area contributed by atoms with E-state index in [-0.39, 0.29) is 24.4 Å². The molecule has 1 aromatic rings. The number of aliphatic hydroxyl groups is 2. The summed E-state index contributed by atoms with van der Waals surface area (Å²) in [5.74, 6) is 0.0931. The van der Waals surface area contributed by atoms with E-state index in [2.05, 4.69) is 4.98 Å². The van der Waals surface area contributed by atoms with Crippen LogP contribution in [0.25, 0.3) is 0 Å². The molecule has 7 nitrogen and oxygen atoms in total. The van der Waals surface area contributed by atoms with Crippen molar-refractivity contribution in [3.05, 3.63) is 32.6 Å². The van der Waals surface area contributed by atoms with Gasteiger partial charge in [0.1, 0.15) is 19.6 Å². The van der Waals surface area contributed by atoms with Crippen LogP contribution in [0.1, 0.15) is 24.0 Å². The number of hydrogen-bond donors (Lipinski definition) is 3. The molecular weight excluding hydrogens is 251 g/mol. The lowest BCUT2D eigenvalue weighted by atomic mass is 9.98. The fourth-order valence-electron chi connectivity index (χ4n) is 2.35. The number of aliphatic hydroxyl groups excluding tert-OH is 2. The Hall–Kier alpha value is -1.38. The summed E-state index contributed by atoms with van der Waals surface area (Å²) in [4.78, 5) is 25.7. The second-order valence-corrected chi connectivity index (χ2v) is 4.94. The SMILES string of the molecule is O=c1[nH]c(=O)n([C@H]2CC(O)[C@@H](CO)O2)cc1C1[B]C1. The molecule has 2 aliphatic heterocycles. The lowest BCUT2D eigenvalue weighted by Gasteiger charge is -2.15. The number of hydrogen-bond acceptors (Lipinski definition) is 5. The molecule has 3 N–H and O–H groups in total. The van der Waals surface area contributed by atoms with Crippen molar-refractivity contribution < 1.29 is 14.9 Å². The van der Waals surface area contributed by atoms with Gasteiger partial charge >= 0.3 is 5.69 Å². The molecular formula is C11H14BN2O5. The third kappa shape index (κ3) is 2.26. The highest BCUT2D eigenvalue weighted by molar-refractivity contribution is 6.50. The Morgan fingerprint density at radius 3 is 2.84 bits per heavy atom. The summed E-state index contributed by atoms with van der Waals surface area (Å²) < 4.78 is 6.69. The van der Waals surface area contributed by atoms with Gasteiger partial charge in [0.25, 0.3) is 5.56 Å². The Balaban J connectivity index is 1.95. The monoisotopic (exact) mass is 265 g/mol. The summed E-state index contributed by atoms with van der Waals surface area (Å²) in [7, 11) is 1.97. The van der Waals surface area contributed by atoms with Crippen LogP contribution in [-0.2, 0) is 4.74 Å². The van der Waals surface area contributed by atoms with Crippen molar-refractivity contribution in [2.45, 2.75) is 37.0 Å². The van der Waals surface area contributed by atoms with Crippen LogP contribution in [0.5, 0.6) is 0 Å². The second-order valence-electron chi connectivity index (χ2n) is 4.94. The lowest BCUT2D eigenvalue weighted by molar-refractivity contribution is -0.0459. The Morgan fingerprint density at radius 2 is 2.26 bits per heavy atom. The number of rotatable bonds is 3. The van der Waals surface area contributed by atoms with Gasteiger partial charge in [0.15, 0.2) is 0 Å². The molecule has 101 valence electrons. The van der Waals surface area contributed by atoms with Gasteiger partial charge in [-0.2, -0.15) is 0 Å². The molecule has 2 aliphatic rings. The van der Waals surface area contributed by atoms with Gasteiger partial charge in [-0.05, 0) is 5.82 Å². The maximum absolute atomic E-state index is 11.8. The van der Waals surface area contributed by atoms with Gasteiger partial charge in [0.2, 0.25) is 0 Å². The van der Waals surface area contributed by atoms with E-state index in [0.29, 0.717) is 5.56 Å². The maximum atomic E-state index is 11.8. The van der Waals surface area contributed by atoms with Crippen molar-refractivity contribution in [2.24, 2.45) is 0 Å². The van der Waals surface area contributed by atoms with Crippen LogP contribution in [0.3, 0.4) is 0 Å². The topological polar surface area (TPSA) is 105 Å². The first-order valence-corrected chi connectivity index (χ1v) is 6.23. The van der Waals surface area contributed by atoms with Crippen LogP contribution in [0.4, 0.5) is 0 Å². The molecule has 2 fully saturated rings. The van der Waals surface area contributed by atoms with E-state index in [4.69, 9.17) is 9.84 Å². The highest BCUT2D eigenvalue weighted by Gasteiger charge is 2.36. The summed E-state index contributed by atoms with van der Waals surface area (Å²) in [6.07, 6.45) is 0.366. The minimum atomic E-state index is -0.815. The third-order valence-electron chi connectivity index (χ3n) is 3.56. The fourth-order valence-corrected chi connectivity index (χ4v) is 2.35. The molecule has 0 saturated carbocycles. The summed E-state index contributed by atoms with van der Waals surface area (Å²) in [5, 5.41) is 18.7. The average molecular weight is 265 g/mol. The summed E-state index contributed by atoms with van der Waals surface area (Å²) in [5.41, 5.74) is -0.410. The number of aromatic nitrogens is 2. The molecule has 19 heavy (non-hydrogen) atoms. The Bertz CT molecular complexity index is 593. The summed E-state index contributed by atoms with van der Waals surface area (Å²) in [6.45, 7) is -0.307. The van der Waals surface area contributed by atoms with Crippen LogP contribution in [0.15, 0.2) is 15.8 Å². The molecule has 8 heteroatoms. The van der Waals surface area contributed by atoms with Crippen molar-refractivity contribution in [2.75, 3.05) is 6.61 Å². The largest absolute Gasteiger partial charge is 0.394 e. The Morgan fingerprint density at radius 1 is 1.53 bits per heavy atom. The lowest BCUT2D eigenvalue weighted by Crippen LogP contribution is -2.34. The van der Waals surface area contributed by atoms with Gasteiger partial charge in [0, 0.05) is 18.2 Å². The molecule has 1 radical (unpaired) electrons. The Kier molecular flexibility index (Phi) is 3.08. The number of nitrogens with zero attached hydrogens (tertiary/aromatic N) is 1. The second kappa shape index (κ2) is 4.62. The van der Waals surface area contributed by atoms with Gasteiger partial charge in [-0.1, -0.05) is 6.32 Å². The van der Waals surface area contributed by atoms with E-state index in [1.807, 2.05) is 7.28 Å². The fraction of sp³-hybridized carbons (Fsp3) is 0.636. The maximum Gasteiger partial charge on any atom is 0.330 e. The standard InChI is InChI=1S/C11H14BN2O5/c15-4-8-7(16)1-9(19-8)14-3-5(6-2-12-6)10(17)13-11(14)18/h3,6-9,15-16H,1-2,4H2,(H,13,17,18)/t6?,7?,8-,9-/m1/s1. The van der Waals surface area contributed by atoms with E-state index >= 15 is 0 Å². The quantitative estimate of drug-likeness (QED) is 0.568. The molecule has 0 amide bonds. The van der Waals surface area contributed by atoms with E-state index < -0.39 is 24.1 Å². The highest BCUT2D eigenvalue weighted by Crippen LogP contribution is 2.31. The van der Waals surface area contributed by atoms with Gasteiger partial charge < -0.3 is 14.9 Å². The molecule has 3 heterocycles. The molecule has 2 saturated heterocycles. The van der Waals surface area contributed by atoms with Crippen LogP contribution in [0.2, 0.25) is 6.32 Å². The molecule has 4 atom stereocenters. The zero-order valence-corrected chi connectivity index (χ0v) is 10.2. The normalized spacial score (nSPS) is 33.2. The van der Waals surface area contributed by atoms with Gasteiger partial charge in [-0.25, -0.2) is 4.79 Å². The van der Waals surface area contributed by atoms with Crippen molar-refractivity contribution in [3.8, 4) is 0 Å². The van der Waals surface area contributed by atoms with E-state index in [9.17, 15) is 14.7 Å². The zero-order valence-electron chi connectivity index (χ0n) is 10.2. The van der Waals surface area contributed by atoms with Crippen molar-refractivity contribution in [1.82, 2.24) is 9.55 Å². The summed E-state index contributed by atoms with van der Waals surface area (Å²) >= 11 is 0. The third-order valence-corrected chi connectivity index (χ3v) is 3.56. The van der Waals surface area contributed by atoms with E-state index in [1.165, 1.54) is 10.8 Å². The molecule has 0 aliphatic carbocycles. The minimum absolute atomic E-state index is 0.0931. The molecule has 1 aromatic heterocycles.